The van der Waals surface area contributed by atoms with Crippen LogP contribution in [-0.2, 0) is 27.3 Å². The number of allylic oxidation sites excluding steroid dienone is 1. The van der Waals surface area contributed by atoms with E-state index < -0.39 is 30.4 Å². The number of nitrogens with one attached hydrogen (secondary N) is 1. The number of hydrogen-bond donors (Lipinski definition) is 2. The fourth-order valence-corrected chi connectivity index (χ4v) is 3.09. The van der Waals surface area contributed by atoms with Gasteiger partial charge in [-0.1, -0.05) is 6.08 Å². The van der Waals surface area contributed by atoms with Gasteiger partial charge in [-0.2, -0.15) is 0 Å². The van der Waals surface area contributed by atoms with E-state index in [0.29, 0.717) is 23.3 Å². The first-order valence-corrected chi connectivity index (χ1v) is 9.41. The summed E-state index contributed by atoms with van der Waals surface area (Å²) in [5.41, 5.74) is 0.689. The van der Waals surface area contributed by atoms with Crippen molar-refractivity contribution < 1.29 is 38.2 Å². The summed E-state index contributed by atoms with van der Waals surface area (Å²) >= 11 is 0. The molecule has 0 unspecified atom stereocenters. The molecule has 0 bridgehead atoms. The highest BCUT2D eigenvalue weighted by Crippen LogP contribution is 2.34. The molecule has 4 amide bonds. The number of ether oxygens (including phenoxy) is 2. The monoisotopic (exact) mass is 440 g/mol. The Morgan fingerprint density at radius 2 is 2.09 bits per heavy atom. The predicted molar refractivity (Wildman–Crippen MR) is 111 cm³/mol. The van der Waals surface area contributed by atoms with E-state index in [1.807, 2.05) is 0 Å². The Labute approximate surface area is 182 Å². The summed E-state index contributed by atoms with van der Waals surface area (Å²) in [4.78, 5) is 49.2. The van der Waals surface area contributed by atoms with Crippen LogP contribution in [0.4, 0.5) is 4.79 Å². The molecule has 1 aromatic heterocycles. The third-order valence-electron chi connectivity index (χ3n) is 4.47. The summed E-state index contributed by atoms with van der Waals surface area (Å²) in [7, 11) is 1.37. The molecule has 10 heteroatoms. The van der Waals surface area contributed by atoms with Crippen molar-refractivity contribution in [3.63, 3.8) is 0 Å². The van der Waals surface area contributed by atoms with Crippen LogP contribution in [0.2, 0.25) is 0 Å². The maximum Gasteiger partial charge on any atom is 0.341 e. The van der Waals surface area contributed by atoms with Crippen LogP contribution in [0.15, 0.2) is 53.2 Å². The Hall–Kier alpha value is -4.34. The van der Waals surface area contributed by atoms with E-state index in [4.69, 9.17) is 19.0 Å². The largest absolute Gasteiger partial charge is 0.493 e. The number of nitrogens with zero attached hydrogens (tertiary/aromatic N) is 1. The van der Waals surface area contributed by atoms with Crippen molar-refractivity contribution in [2.24, 2.45) is 0 Å². The minimum Gasteiger partial charge on any atom is -0.493 e. The molecule has 0 saturated carbocycles. The van der Waals surface area contributed by atoms with Gasteiger partial charge in [-0.15, -0.1) is 6.58 Å². The quantitative estimate of drug-likeness (QED) is 0.344. The van der Waals surface area contributed by atoms with Gasteiger partial charge in [0.1, 0.15) is 11.3 Å². The van der Waals surface area contributed by atoms with E-state index in [-0.39, 0.29) is 23.6 Å². The number of urea groups is 1. The molecule has 2 aromatic rings. The van der Waals surface area contributed by atoms with Gasteiger partial charge >= 0.3 is 12.0 Å². The number of imide groups is 2. The number of furan rings is 1. The molecular formula is C22H20N2O8. The van der Waals surface area contributed by atoms with Crippen LogP contribution in [0.25, 0.3) is 6.08 Å². The van der Waals surface area contributed by atoms with E-state index in [2.05, 4.69) is 11.9 Å². The molecular weight excluding hydrogens is 420 g/mol. The first-order chi connectivity index (χ1) is 15.3. The SMILES string of the molecule is C=CCc1cc(/C=C2\C(=O)NC(=O)N(Cc3ccco3)C2=O)cc(OC)c1OCC(=O)O. The molecule has 32 heavy (non-hydrogen) atoms. The summed E-state index contributed by atoms with van der Waals surface area (Å²) in [5.74, 6) is -1.99. The fraction of sp³-hybridized carbons (Fsp3) is 0.182. The summed E-state index contributed by atoms with van der Waals surface area (Å²) in [5, 5.41) is 11.0. The number of carboxylic acids is 1. The van der Waals surface area contributed by atoms with Crippen molar-refractivity contribution in [3.05, 3.63) is 65.6 Å². The number of methoxy groups -OCH3 is 1. The van der Waals surface area contributed by atoms with Crippen molar-refractivity contribution in [1.82, 2.24) is 10.2 Å². The topological polar surface area (TPSA) is 135 Å². The number of rotatable bonds is 9. The molecule has 0 aliphatic carbocycles. The first-order valence-electron chi connectivity index (χ1n) is 9.41. The first kappa shape index (κ1) is 22.3. The van der Waals surface area contributed by atoms with E-state index >= 15 is 0 Å². The summed E-state index contributed by atoms with van der Waals surface area (Å²) < 4.78 is 15.8. The maximum absolute atomic E-state index is 12.9. The molecule has 1 saturated heterocycles. The third kappa shape index (κ3) is 4.86. The summed E-state index contributed by atoms with van der Waals surface area (Å²) in [6, 6.07) is 5.47. The highest BCUT2D eigenvalue weighted by atomic mass is 16.5. The van der Waals surface area contributed by atoms with E-state index in [9.17, 15) is 19.2 Å². The van der Waals surface area contributed by atoms with Crippen molar-refractivity contribution in [3.8, 4) is 11.5 Å². The molecule has 0 spiro atoms. The van der Waals surface area contributed by atoms with Crippen LogP contribution in [0.3, 0.4) is 0 Å². The fourth-order valence-electron chi connectivity index (χ4n) is 3.09. The number of hydrogen-bond acceptors (Lipinski definition) is 7. The van der Waals surface area contributed by atoms with Crippen molar-refractivity contribution in [1.29, 1.82) is 0 Å². The second kappa shape index (κ2) is 9.65. The van der Waals surface area contributed by atoms with Gasteiger partial charge in [0.2, 0.25) is 0 Å². The zero-order chi connectivity index (χ0) is 23.3. The number of carbonyl (C=O) groups is 4. The predicted octanol–water partition coefficient (Wildman–Crippen LogP) is 2.14. The van der Waals surface area contributed by atoms with Crippen molar-refractivity contribution in [2.75, 3.05) is 13.7 Å². The lowest BCUT2D eigenvalue weighted by Crippen LogP contribution is -2.53. The molecule has 10 nitrogen and oxygen atoms in total. The summed E-state index contributed by atoms with van der Waals surface area (Å²) in [6.45, 7) is 2.95. The molecule has 0 atom stereocenters. The van der Waals surface area contributed by atoms with Crippen molar-refractivity contribution >= 4 is 29.9 Å². The number of aliphatic carboxylic acids is 1. The minimum atomic E-state index is -1.16. The molecule has 0 radical (unpaired) electrons. The Kier molecular flexibility index (Phi) is 6.74. The summed E-state index contributed by atoms with van der Waals surface area (Å²) in [6.07, 6.45) is 4.62. The van der Waals surface area contributed by atoms with Gasteiger partial charge in [0.05, 0.1) is 19.9 Å². The second-order valence-corrected chi connectivity index (χ2v) is 6.67. The van der Waals surface area contributed by atoms with Crippen LogP contribution >= 0.6 is 0 Å². The minimum absolute atomic E-state index is 0.144. The lowest BCUT2D eigenvalue weighted by atomic mass is 10.0. The molecule has 1 fully saturated rings. The molecule has 1 aliphatic heterocycles. The smallest absolute Gasteiger partial charge is 0.341 e. The van der Waals surface area contributed by atoms with Gasteiger partial charge in [0, 0.05) is 5.56 Å². The number of barbiturate groups is 1. The molecule has 1 aromatic carbocycles. The molecule has 166 valence electrons. The molecule has 1 aliphatic rings. The normalized spacial score (nSPS) is 15.0. The Morgan fingerprint density at radius 3 is 2.72 bits per heavy atom. The lowest BCUT2D eigenvalue weighted by molar-refractivity contribution is -0.139. The molecule has 2 heterocycles. The van der Waals surface area contributed by atoms with Gasteiger partial charge in [-0.3, -0.25) is 19.8 Å². The van der Waals surface area contributed by atoms with Crippen LogP contribution < -0.4 is 14.8 Å². The zero-order valence-corrected chi connectivity index (χ0v) is 17.1. The van der Waals surface area contributed by atoms with Crippen LogP contribution in [-0.4, -0.2) is 47.5 Å². The Morgan fingerprint density at radius 1 is 1.31 bits per heavy atom. The van der Waals surface area contributed by atoms with E-state index in [0.717, 1.165) is 4.90 Å². The number of benzene rings is 1. The third-order valence-corrected chi connectivity index (χ3v) is 4.47. The van der Waals surface area contributed by atoms with Gasteiger partial charge in [0.15, 0.2) is 18.1 Å². The number of carbonyl (C=O) groups excluding carboxylic acids is 3. The maximum atomic E-state index is 12.9. The van der Waals surface area contributed by atoms with Crippen LogP contribution in [0.1, 0.15) is 16.9 Å². The average molecular weight is 440 g/mol. The highest BCUT2D eigenvalue weighted by molar-refractivity contribution is 6.30. The Balaban J connectivity index is 1.99. The number of amides is 4. The van der Waals surface area contributed by atoms with Gasteiger partial charge in [-0.25, -0.2) is 9.59 Å². The second-order valence-electron chi connectivity index (χ2n) is 6.67. The standard InChI is InChI=1S/C22H20N2O8/c1-3-5-14-8-13(10-17(30-2)19(14)32-12-18(25)26)9-16-20(27)23-22(29)24(21(16)28)11-15-6-4-7-31-15/h3-4,6-10H,1,5,11-12H2,2H3,(H,25,26)(H,23,27,29)/b16-9+. The lowest BCUT2D eigenvalue weighted by Gasteiger charge is -2.25. The van der Waals surface area contributed by atoms with Crippen molar-refractivity contribution in [2.45, 2.75) is 13.0 Å². The number of carboxylic acid groups (broad SMARTS) is 1. The van der Waals surface area contributed by atoms with Gasteiger partial charge < -0.3 is 19.0 Å². The average Bonchev–Trinajstić information content (AvgIpc) is 3.26. The van der Waals surface area contributed by atoms with Crippen LogP contribution in [0, 0.1) is 0 Å². The van der Waals surface area contributed by atoms with Gasteiger partial charge in [0.25, 0.3) is 11.8 Å². The van der Waals surface area contributed by atoms with Crippen LogP contribution in [0.5, 0.6) is 11.5 Å². The van der Waals surface area contributed by atoms with E-state index in [1.54, 1.807) is 24.3 Å². The van der Waals surface area contributed by atoms with Gasteiger partial charge in [-0.05, 0) is 42.3 Å². The molecule has 3 rings (SSSR count). The highest BCUT2D eigenvalue weighted by Gasteiger charge is 2.36. The zero-order valence-electron chi connectivity index (χ0n) is 17.1. The Bertz CT molecular complexity index is 1100. The molecule has 2 N–H and O–H groups in total. The van der Waals surface area contributed by atoms with E-state index in [1.165, 1.54) is 25.5 Å².